The van der Waals surface area contributed by atoms with Crippen molar-refractivity contribution in [3.05, 3.63) is 29.8 Å². The summed E-state index contributed by atoms with van der Waals surface area (Å²) < 4.78 is 5.52. The van der Waals surface area contributed by atoms with Gasteiger partial charge < -0.3 is 9.84 Å². The first-order valence-corrected chi connectivity index (χ1v) is 6.91. The van der Waals surface area contributed by atoms with Crippen LogP contribution in [0, 0.1) is 5.41 Å². The number of hydrogen-bond donors (Lipinski definition) is 1. The van der Waals surface area contributed by atoms with Crippen molar-refractivity contribution in [3.63, 3.8) is 0 Å². The van der Waals surface area contributed by atoms with Gasteiger partial charge in [-0.25, -0.2) is 0 Å². The van der Waals surface area contributed by atoms with Gasteiger partial charge in [-0.2, -0.15) is 0 Å². The van der Waals surface area contributed by atoms with Gasteiger partial charge in [-0.3, -0.25) is 0 Å². The molecule has 2 rings (SSSR count). The Morgan fingerprint density at radius 2 is 2.06 bits per heavy atom. The summed E-state index contributed by atoms with van der Waals surface area (Å²) >= 11 is 0. The minimum Gasteiger partial charge on any atom is -0.494 e. The lowest BCUT2D eigenvalue weighted by molar-refractivity contribution is -0.0441. The highest BCUT2D eigenvalue weighted by molar-refractivity contribution is 5.33. The summed E-state index contributed by atoms with van der Waals surface area (Å²) in [6, 6.07) is 7.93. The van der Waals surface area contributed by atoms with E-state index in [1.54, 1.807) is 0 Å². The molecule has 1 aromatic rings. The lowest BCUT2D eigenvalue weighted by Crippen LogP contribution is -2.36. The Labute approximate surface area is 110 Å². The molecular formula is C16H24O2. The average Bonchev–Trinajstić information content (AvgIpc) is 2.28. The van der Waals surface area contributed by atoms with Gasteiger partial charge in [-0.1, -0.05) is 26.0 Å². The normalized spacial score (nSPS) is 26.9. The first kappa shape index (κ1) is 13.4. The number of aliphatic hydroxyl groups is 1. The molecule has 1 aliphatic rings. The van der Waals surface area contributed by atoms with Gasteiger partial charge in [-0.05, 0) is 55.7 Å². The Balaban J connectivity index is 2.26. The molecule has 0 amide bonds. The standard InChI is InChI=1S/C16H24O2/c1-4-18-14-8-5-7-13(11-14)16(17)10-6-9-15(2,3)12-16/h5,7-8,11,17H,4,6,9-10,12H2,1-3H3. The fourth-order valence-electron chi connectivity index (χ4n) is 3.12. The molecule has 1 atom stereocenters. The van der Waals surface area contributed by atoms with Crippen molar-refractivity contribution in [1.29, 1.82) is 0 Å². The van der Waals surface area contributed by atoms with E-state index in [0.29, 0.717) is 6.61 Å². The summed E-state index contributed by atoms with van der Waals surface area (Å²) in [4.78, 5) is 0. The van der Waals surface area contributed by atoms with Gasteiger partial charge in [0.15, 0.2) is 0 Å². The van der Waals surface area contributed by atoms with Gasteiger partial charge in [0.25, 0.3) is 0 Å². The molecule has 18 heavy (non-hydrogen) atoms. The van der Waals surface area contributed by atoms with Crippen LogP contribution in [0.2, 0.25) is 0 Å². The summed E-state index contributed by atoms with van der Waals surface area (Å²) in [5, 5.41) is 10.9. The zero-order valence-electron chi connectivity index (χ0n) is 11.7. The lowest BCUT2D eigenvalue weighted by atomic mass is 9.67. The molecule has 1 aromatic carbocycles. The molecule has 0 spiro atoms. The quantitative estimate of drug-likeness (QED) is 0.879. The van der Waals surface area contributed by atoms with Gasteiger partial charge >= 0.3 is 0 Å². The minimum atomic E-state index is -0.686. The van der Waals surface area contributed by atoms with Crippen molar-refractivity contribution >= 4 is 0 Å². The molecule has 0 heterocycles. The summed E-state index contributed by atoms with van der Waals surface area (Å²) in [6.45, 7) is 7.12. The van der Waals surface area contributed by atoms with Crippen molar-refractivity contribution in [2.45, 2.75) is 52.1 Å². The molecule has 1 aliphatic carbocycles. The van der Waals surface area contributed by atoms with Crippen molar-refractivity contribution in [3.8, 4) is 5.75 Å². The molecule has 2 nitrogen and oxygen atoms in total. The fourth-order valence-corrected chi connectivity index (χ4v) is 3.12. The Morgan fingerprint density at radius 1 is 1.28 bits per heavy atom. The highest BCUT2D eigenvalue weighted by Crippen LogP contribution is 2.46. The van der Waals surface area contributed by atoms with Crippen molar-refractivity contribution in [2.75, 3.05) is 6.61 Å². The SMILES string of the molecule is CCOc1cccc(C2(O)CCCC(C)(C)C2)c1. The Hall–Kier alpha value is -1.02. The van der Waals surface area contributed by atoms with Crippen molar-refractivity contribution < 1.29 is 9.84 Å². The van der Waals surface area contributed by atoms with Crippen molar-refractivity contribution in [1.82, 2.24) is 0 Å². The molecule has 1 saturated carbocycles. The highest BCUT2D eigenvalue weighted by atomic mass is 16.5. The molecular weight excluding hydrogens is 224 g/mol. The first-order chi connectivity index (χ1) is 8.45. The van der Waals surface area contributed by atoms with Crippen LogP contribution in [0.1, 0.15) is 52.0 Å². The van der Waals surface area contributed by atoms with Gasteiger partial charge in [0, 0.05) is 0 Å². The summed E-state index contributed by atoms with van der Waals surface area (Å²) in [5.41, 5.74) is 0.532. The third kappa shape index (κ3) is 2.86. The van der Waals surface area contributed by atoms with Crippen LogP contribution in [0.25, 0.3) is 0 Å². The second-order valence-corrected chi connectivity index (χ2v) is 6.19. The molecule has 2 heteroatoms. The smallest absolute Gasteiger partial charge is 0.119 e. The van der Waals surface area contributed by atoms with Crippen LogP contribution < -0.4 is 4.74 Å². The van der Waals surface area contributed by atoms with Crippen LogP contribution >= 0.6 is 0 Å². The monoisotopic (exact) mass is 248 g/mol. The van der Waals surface area contributed by atoms with Gasteiger partial charge in [-0.15, -0.1) is 0 Å². The van der Waals surface area contributed by atoms with Crippen LogP contribution in [-0.2, 0) is 5.60 Å². The van der Waals surface area contributed by atoms with E-state index in [1.807, 2.05) is 31.2 Å². The van der Waals surface area contributed by atoms with Crippen LogP contribution in [0.4, 0.5) is 0 Å². The molecule has 1 fully saturated rings. The van der Waals surface area contributed by atoms with E-state index in [0.717, 1.165) is 30.6 Å². The fraction of sp³-hybridized carbons (Fsp3) is 0.625. The lowest BCUT2D eigenvalue weighted by Gasteiger charge is -2.42. The van der Waals surface area contributed by atoms with E-state index in [4.69, 9.17) is 4.74 Å². The molecule has 0 saturated heterocycles. The molecule has 0 bridgehead atoms. The highest BCUT2D eigenvalue weighted by Gasteiger charge is 2.39. The third-order valence-electron chi connectivity index (χ3n) is 3.90. The number of benzene rings is 1. The Kier molecular flexibility index (Phi) is 3.67. The topological polar surface area (TPSA) is 29.5 Å². The van der Waals surface area contributed by atoms with Gasteiger partial charge in [0.05, 0.1) is 12.2 Å². The number of ether oxygens (including phenoxy) is 1. The van der Waals surface area contributed by atoms with Crippen LogP contribution in [-0.4, -0.2) is 11.7 Å². The van der Waals surface area contributed by atoms with E-state index < -0.39 is 5.60 Å². The Bertz CT molecular complexity index is 411. The van der Waals surface area contributed by atoms with E-state index in [1.165, 1.54) is 6.42 Å². The number of hydrogen-bond acceptors (Lipinski definition) is 2. The first-order valence-electron chi connectivity index (χ1n) is 6.91. The zero-order chi connectivity index (χ0) is 13.2. The summed E-state index contributed by atoms with van der Waals surface area (Å²) in [5.74, 6) is 0.854. The zero-order valence-corrected chi connectivity index (χ0v) is 11.7. The molecule has 0 radical (unpaired) electrons. The van der Waals surface area contributed by atoms with Gasteiger partial charge in [0.2, 0.25) is 0 Å². The number of rotatable bonds is 3. The molecule has 100 valence electrons. The maximum absolute atomic E-state index is 10.9. The van der Waals surface area contributed by atoms with Crippen LogP contribution in [0.5, 0.6) is 5.75 Å². The maximum Gasteiger partial charge on any atom is 0.119 e. The van der Waals surface area contributed by atoms with Crippen LogP contribution in [0.15, 0.2) is 24.3 Å². The predicted octanol–water partition coefficient (Wildman–Crippen LogP) is 3.87. The second kappa shape index (κ2) is 4.93. The average molecular weight is 248 g/mol. The van der Waals surface area contributed by atoms with E-state index in [2.05, 4.69) is 13.8 Å². The minimum absolute atomic E-state index is 0.217. The van der Waals surface area contributed by atoms with Crippen LogP contribution in [0.3, 0.4) is 0 Å². The molecule has 0 aromatic heterocycles. The third-order valence-corrected chi connectivity index (χ3v) is 3.90. The van der Waals surface area contributed by atoms with Gasteiger partial charge in [0.1, 0.15) is 5.75 Å². The molecule has 0 aliphatic heterocycles. The van der Waals surface area contributed by atoms with E-state index in [-0.39, 0.29) is 5.41 Å². The molecule has 1 unspecified atom stereocenters. The van der Waals surface area contributed by atoms with Crippen molar-refractivity contribution in [2.24, 2.45) is 5.41 Å². The molecule has 1 N–H and O–H groups in total. The second-order valence-electron chi connectivity index (χ2n) is 6.19. The van der Waals surface area contributed by atoms with E-state index >= 15 is 0 Å². The predicted molar refractivity (Wildman–Crippen MR) is 73.8 cm³/mol. The Morgan fingerprint density at radius 3 is 2.72 bits per heavy atom. The van der Waals surface area contributed by atoms with E-state index in [9.17, 15) is 5.11 Å². The largest absolute Gasteiger partial charge is 0.494 e. The summed E-state index contributed by atoms with van der Waals surface area (Å²) in [7, 11) is 0. The summed E-state index contributed by atoms with van der Waals surface area (Å²) in [6.07, 6.45) is 3.96. The maximum atomic E-state index is 10.9.